The molecule has 2 atom stereocenters. The molecule has 0 saturated carbocycles. The first-order valence-electron chi connectivity index (χ1n) is 13.6. The van der Waals surface area contributed by atoms with E-state index in [0.717, 1.165) is 16.3 Å². The average Bonchev–Trinajstić information content (AvgIpc) is 2.99. The molecule has 0 bridgehead atoms. The van der Waals surface area contributed by atoms with Gasteiger partial charge in [-0.3, -0.25) is 13.9 Å². The highest BCUT2D eigenvalue weighted by molar-refractivity contribution is 7.92. The molecular weight excluding hydrogens is 542 g/mol. The number of carbonyl (C=O) groups excluding carboxylic acids is 2. The van der Waals surface area contributed by atoms with E-state index >= 15 is 0 Å². The number of ether oxygens (including phenoxy) is 2. The molecule has 0 aliphatic heterocycles. The Morgan fingerprint density at radius 2 is 1.56 bits per heavy atom. The van der Waals surface area contributed by atoms with Gasteiger partial charge < -0.3 is 19.7 Å². The van der Waals surface area contributed by atoms with Crippen LogP contribution >= 0.6 is 0 Å². The molecule has 0 spiro atoms. The van der Waals surface area contributed by atoms with Crippen LogP contribution in [0.1, 0.15) is 39.2 Å². The molecule has 3 aromatic carbocycles. The molecule has 2 unspecified atom stereocenters. The van der Waals surface area contributed by atoms with Crippen LogP contribution in [-0.4, -0.2) is 58.0 Å². The zero-order valence-electron chi connectivity index (χ0n) is 24.2. The van der Waals surface area contributed by atoms with Gasteiger partial charge in [-0.1, -0.05) is 56.3 Å². The number of hydrogen-bond acceptors (Lipinski definition) is 6. The number of para-hydroxylation sites is 2. The lowest BCUT2D eigenvalue weighted by molar-refractivity contribution is -0.140. The number of methoxy groups -OCH3 is 2. The van der Waals surface area contributed by atoms with E-state index in [2.05, 4.69) is 5.32 Å². The Balaban J connectivity index is 2.09. The van der Waals surface area contributed by atoms with Crippen LogP contribution in [0.2, 0.25) is 0 Å². The molecule has 3 aromatic rings. The smallest absolute Gasteiger partial charge is 0.264 e. The summed E-state index contributed by atoms with van der Waals surface area (Å²) in [5.74, 6) is 0.0623. The summed E-state index contributed by atoms with van der Waals surface area (Å²) >= 11 is 0. The number of nitrogens with one attached hydrogen (secondary N) is 1. The van der Waals surface area contributed by atoms with Crippen LogP contribution in [0, 0.1) is 0 Å². The molecule has 41 heavy (non-hydrogen) atoms. The van der Waals surface area contributed by atoms with E-state index < -0.39 is 28.5 Å². The van der Waals surface area contributed by atoms with E-state index in [9.17, 15) is 18.0 Å². The van der Waals surface area contributed by atoms with Crippen molar-refractivity contribution in [2.24, 2.45) is 0 Å². The largest absolute Gasteiger partial charge is 0.497 e. The van der Waals surface area contributed by atoms with Gasteiger partial charge in [0, 0.05) is 12.6 Å². The Hall–Kier alpha value is -4.05. The fourth-order valence-electron chi connectivity index (χ4n) is 4.40. The fraction of sp³-hybridized carbons (Fsp3) is 0.355. The molecule has 2 amide bonds. The number of rotatable bonds is 14. The zero-order valence-corrected chi connectivity index (χ0v) is 25.1. The van der Waals surface area contributed by atoms with Gasteiger partial charge in [0.1, 0.15) is 24.1 Å². The average molecular weight is 582 g/mol. The quantitative estimate of drug-likeness (QED) is 0.298. The first-order valence-corrected chi connectivity index (χ1v) is 15.0. The topological polar surface area (TPSA) is 105 Å². The molecule has 0 aromatic heterocycles. The second-order valence-electron chi connectivity index (χ2n) is 9.61. The molecule has 0 aliphatic carbocycles. The van der Waals surface area contributed by atoms with E-state index in [4.69, 9.17) is 9.47 Å². The predicted molar refractivity (Wildman–Crippen MR) is 159 cm³/mol. The van der Waals surface area contributed by atoms with Crippen molar-refractivity contribution in [2.75, 3.05) is 25.1 Å². The van der Waals surface area contributed by atoms with Gasteiger partial charge in [0.2, 0.25) is 11.8 Å². The van der Waals surface area contributed by atoms with Gasteiger partial charge in [-0.15, -0.1) is 0 Å². The maximum Gasteiger partial charge on any atom is 0.264 e. The molecule has 0 saturated heterocycles. The lowest BCUT2D eigenvalue weighted by Gasteiger charge is -2.34. The standard InChI is InChI=1S/C31H39N3O6S/c1-6-23(3)32-31(36)27(7-2)33(21-24-14-13-15-25(20-24)39-4)30(35)22-34(28-18-11-12-19-29(28)40-5)41(37,38)26-16-9-8-10-17-26/h8-20,23,27H,6-7,21-22H2,1-5H3,(H,32,36). The van der Waals surface area contributed by atoms with Gasteiger partial charge in [-0.25, -0.2) is 8.42 Å². The maximum absolute atomic E-state index is 14.2. The van der Waals surface area contributed by atoms with Gasteiger partial charge in [0.05, 0.1) is 24.8 Å². The Bertz CT molecular complexity index is 1410. The maximum atomic E-state index is 14.2. The minimum absolute atomic E-state index is 0.0274. The minimum atomic E-state index is -4.19. The predicted octanol–water partition coefficient (Wildman–Crippen LogP) is 4.62. The van der Waals surface area contributed by atoms with Gasteiger partial charge >= 0.3 is 0 Å². The molecule has 220 valence electrons. The van der Waals surface area contributed by atoms with Crippen LogP contribution in [-0.2, 0) is 26.2 Å². The SMILES string of the molecule is CCC(C)NC(=O)C(CC)N(Cc1cccc(OC)c1)C(=O)CN(c1ccccc1OC)S(=O)(=O)c1ccccc1. The van der Waals surface area contributed by atoms with Crippen molar-refractivity contribution >= 4 is 27.5 Å². The van der Waals surface area contributed by atoms with Crippen LogP contribution in [0.15, 0.2) is 83.8 Å². The van der Waals surface area contributed by atoms with Gasteiger partial charge in [0.25, 0.3) is 10.0 Å². The van der Waals surface area contributed by atoms with Crippen molar-refractivity contribution in [1.82, 2.24) is 10.2 Å². The molecule has 3 rings (SSSR count). The Morgan fingerprint density at radius 1 is 0.878 bits per heavy atom. The number of anilines is 1. The molecule has 0 heterocycles. The molecule has 1 N–H and O–H groups in total. The van der Waals surface area contributed by atoms with Crippen molar-refractivity contribution in [3.05, 3.63) is 84.4 Å². The summed E-state index contributed by atoms with van der Waals surface area (Å²) in [6.45, 7) is 5.22. The summed E-state index contributed by atoms with van der Waals surface area (Å²) in [6.07, 6.45) is 1.06. The summed E-state index contributed by atoms with van der Waals surface area (Å²) < 4.78 is 39.8. The number of amides is 2. The molecule has 10 heteroatoms. The van der Waals surface area contributed by atoms with Gasteiger partial charge in [-0.05, 0) is 61.7 Å². The fourth-order valence-corrected chi connectivity index (χ4v) is 5.84. The lowest BCUT2D eigenvalue weighted by atomic mass is 10.1. The first kappa shape index (κ1) is 31.5. The van der Waals surface area contributed by atoms with Crippen LogP contribution in [0.5, 0.6) is 11.5 Å². The van der Waals surface area contributed by atoms with Crippen LogP contribution in [0.4, 0.5) is 5.69 Å². The van der Waals surface area contributed by atoms with E-state index in [-0.39, 0.29) is 29.1 Å². The van der Waals surface area contributed by atoms with Crippen LogP contribution in [0.3, 0.4) is 0 Å². The monoisotopic (exact) mass is 581 g/mol. The van der Waals surface area contributed by atoms with Gasteiger partial charge in [-0.2, -0.15) is 0 Å². The van der Waals surface area contributed by atoms with Crippen LogP contribution in [0.25, 0.3) is 0 Å². The normalized spacial score (nSPS) is 12.6. The van der Waals surface area contributed by atoms with Crippen LogP contribution < -0.4 is 19.1 Å². The number of carbonyl (C=O) groups is 2. The summed E-state index contributed by atoms with van der Waals surface area (Å²) in [4.78, 5) is 29.1. The first-order chi connectivity index (χ1) is 19.7. The lowest BCUT2D eigenvalue weighted by Crippen LogP contribution is -2.53. The highest BCUT2D eigenvalue weighted by Gasteiger charge is 2.34. The number of sulfonamides is 1. The zero-order chi connectivity index (χ0) is 30.0. The van der Waals surface area contributed by atoms with Gasteiger partial charge in [0.15, 0.2) is 0 Å². The van der Waals surface area contributed by atoms with E-state index in [1.807, 2.05) is 26.8 Å². The summed E-state index contributed by atoms with van der Waals surface area (Å²) in [7, 11) is -1.20. The van der Waals surface area contributed by atoms with Crippen molar-refractivity contribution in [2.45, 2.75) is 57.1 Å². The Morgan fingerprint density at radius 3 is 2.20 bits per heavy atom. The Kier molecular flexibility index (Phi) is 11.2. The highest BCUT2D eigenvalue weighted by atomic mass is 32.2. The molecule has 0 aliphatic rings. The summed E-state index contributed by atoms with van der Waals surface area (Å²) in [5.41, 5.74) is 0.952. The molecular formula is C31H39N3O6S. The number of hydrogen-bond donors (Lipinski definition) is 1. The summed E-state index contributed by atoms with van der Waals surface area (Å²) in [6, 6.07) is 20.8. The summed E-state index contributed by atoms with van der Waals surface area (Å²) in [5, 5.41) is 2.97. The Labute approximate surface area is 243 Å². The molecule has 0 radical (unpaired) electrons. The van der Waals surface area contributed by atoms with Crippen molar-refractivity contribution in [3.63, 3.8) is 0 Å². The number of nitrogens with zero attached hydrogens (tertiary/aromatic N) is 2. The second kappa shape index (κ2) is 14.5. The van der Waals surface area contributed by atoms with E-state index in [0.29, 0.717) is 17.9 Å². The van der Waals surface area contributed by atoms with Crippen molar-refractivity contribution < 1.29 is 27.5 Å². The second-order valence-corrected chi connectivity index (χ2v) is 11.5. The number of benzene rings is 3. The van der Waals surface area contributed by atoms with E-state index in [1.165, 1.54) is 24.1 Å². The van der Waals surface area contributed by atoms with E-state index in [1.54, 1.807) is 67.8 Å². The third kappa shape index (κ3) is 7.79. The third-order valence-corrected chi connectivity index (χ3v) is 8.61. The highest BCUT2D eigenvalue weighted by Crippen LogP contribution is 2.32. The molecule has 9 nitrogen and oxygen atoms in total. The molecule has 0 fully saturated rings. The minimum Gasteiger partial charge on any atom is -0.497 e. The third-order valence-electron chi connectivity index (χ3n) is 6.84. The van der Waals surface area contributed by atoms with Crippen molar-refractivity contribution in [1.29, 1.82) is 0 Å². The van der Waals surface area contributed by atoms with Crippen molar-refractivity contribution in [3.8, 4) is 11.5 Å².